The Bertz CT molecular complexity index is 480. The second kappa shape index (κ2) is 5.06. The predicted molar refractivity (Wildman–Crippen MR) is 67.8 cm³/mol. The standard InChI is InChI=1S/C12H16N2O3S/c1-6-10(18-7(2)13-6)11(15)14-9(12(16)17)5-8-3-4-8/h8-9H,3-5H2,1-2H3,(H,14,15)(H,16,17)/t9-/m0/s1. The highest BCUT2D eigenvalue weighted by atomic mass is 32.1. The van der Waals surface area contributed by atoms with Gasteiger partial charge in [0.05, 0.1) is 10.7 Å². The van der Waals surface area contributed by atoms with E-state index in [0.29, 0.717) is 22.9 Å². The maximum atomic E-state index is 12.0. The summed E-state index contributed by atoms with van der Waals surface area (Å²) in [6.07, 6.45) is 2.66. The van der Waals surface area contributed by atoms with Crippen LogP contribution in [0.1, 0.15) is 39.6 Å². The molecule has 0 aliphatic heterocycles. The number of carboxylic acid groups (broad SMARTS) is 1. The van der Waals surface area contributed by atoms with Crippen LogP contribution < -0.4 is 5.32 Å². The number of amides is 1. The Kier molecular flexibility index (Phi) is 3.65. The summed E-state index contributed by atoms with van der Waals surface area (Å²) in [7, 11) is 0. The highest BCUT2D eigenvalue weighted by Crippen LogP contribution is 2.33. The summed E-state index contributed by atoms with van der Waals surface area (Å²) in [5.41, 5.74) is 0.658. The SMILES string of the molecule is Cc1nc(C)c(C(=O)N[C@@H](CC2CC2)C(=O)O)s1. The molecule has 0 bridgehead atoms. The van der Waals surface area contributed by atoms with Crippen LogP contribution in [-0.2, 0) is 4.79 Å². The molecule has 1 aromatic heterocycles. The van der Waals surface area contributed by atoms with Gasteiger partial charge in [0.1, 0.15) is 10.9 Å². The van der Waals surface area contributed by atoms with Gasteiger partial charge in [-0.3, -0.25) is 4.79 Å². The average molecular weight is 268 g/mol. The zero-order valence-electron chi connectivity index (χ0n) is 10.4. The summed E-state index contributed by atoms with van der Waals surface area (Å²) in [6, 6.07) is -0.785. The molecule has 2 rings (SSSR count). The van der Waals surface area contributed by atoms with Crippen molar-refractivity contribution in [3.8, 4) is 0 Å². The maximum Gasteiger partial charge on any atom is 0.326 e. The van der Waals surface area contributed by atoms with Crippen molar-refractivity contribution in [2.45, 2.75) is 39.2 Å². The molecular weight excluding hydrogens is 252 g/mol. The molecule has 6 heteroatoms. The van der Waals surface area contributed by atoms with Gasteiger partial charge >= 0.3 is 5.97 Å². The number of aliphatic carboxylic acids is 1. The summed E-state index contributed by atoms with van der Waals surface area (Å²) in [4.78, 5) is 27.8. The third-order valence-corrected chi connectivity index (χ3v) is 4.05. The maximum absolute atomic E-state index is 12.0. The normalized spacial score (nSPS) is 16.3. The van der Waals surface area contributed by atoms with Gasteiger partial charge in [-0.1, -0.05) is 12.8 Å². The molecule has 1 saturated carbocycles. The topological polar surface area (TPSA) is 79.3 Å². The second-order valence-corrected chi connectivity index (χ2v) is 5.89. The Morgan fingerprint density at radius 1 is 1.50 bits per heavy atom. The van der Waals surface area contributed by atoms with Gasteiger partial charge in [0.25, 0.3) is 5.91 Å². The molecule has 0 spiro atoms. The predicted octanol–water partition coefficient (Wildman–Crippen LogP) is 1.74. The number of thiazole rings is 1. The number of rotatable bonds is 5. The first kappa shape index (κ1) is 13.0. The summed E-state index contributed by atoms with van der Waals surface area (Å²) >= 11 is 1.29. The summed E-state index contributed by atoms with van der Waals surface area (Å²) in [6.45, 7) is 3.59. The van der Waals surface area contributed by atoms with Gasteiger partial charge in [-0.15, -0.1) is 11.3 Å². The lowest BCUT2D eigenvalue weighted by molar-refractivity contribution is -0.139. The van der Waals surface area contributed by atoms with Crippen LogP contribution in [0.15, 0.2) is 0 Å². The van der Waals surface area contributed by atoms with Crippen LogP contribution in [0, 0.1) is 19.8 Å². The third-order valence-electron chi connectivity index (χ3n) is 2.98. The molecule has 1 atom stereocenters. The van der Waals surface area contributed by atoms with Crippen LogP contribution in [0.5, 0.6) is 0 Å². The van der Waals surface area contributed by atoms with E-state index in [1.165, 1.54) is 11.3 Å². The van der Waals surface area contributed by atoms with Crippen molar-refractivity contribution in [3.05, 3.63) is 15.6 Å². The number of hydrogen-bond acceptors (Lipinski definition) is 4. The van der Waals surface area contributed by atoms with Crippen LogP contribution in [0.3, 0.4) is 0 Å². The van der Waals surface area contributed by atoms with Crippen molar-refractivity contribution in [2.24, 2.45) is 5.92 Å². The van der Waals surface area contributed by atoms with E-state index >= 15 is 0 Å². The molecule has 1 aliphatic rings. The van der Waals surface area contributed by atoms with Crippen LogP contribution in [0.25, 0.3) is 0 Å². The minimum absolute atomic E-state index is 0.328. The minimum atomic E-state index is -0.964. The lowest BCUT2D eigenvalue weighted by atomic mass is 10.1. The fourth-order valence-electron chi connectivity index (χ4n) is 1.87. The first-order valence-corrected chi connectivity index (χ1v) is 6.76. The summed E-state index contributed by atoms with van der Waals surface area (Å²) in [5.74, 6) is -0.837. The Hall–Kier alpha value is -1.43. The van der Waals surface area contributed by atoms with Crippen molar-refractivity contribution in [2.75, 3.05) is 0 Å². The average Bonchev–Trinajstić information content (AvgIpc) is 3.02. The van der Waals surface area contributed by atoms with Crippen molar-refractivity contribution in [1.29, 1.82) is 0 Å². The molecule has 2 N–H and O–H groups in total. The number of nitrogens with zero attached hydrogens (tertiary/aromatic N) is 1. The zero-order valence-corrected chi connectivity index (χ0v) is 11.2. The van der Waals surface area contributed by atoms with Crippen LogP contribution in [0.4, 0.5) is 0 Å². The lowest BCUT2D eigenvalue weighted by Crippen LogP contribution is -2.41. The molecule has 98 valence electrons. The van der Waals surface area contributed by atoms with Gasteiger partial charge < -0.3 is 10.4 Å². The fraction of sp³-hybridized carbons (Fsp3) is 0.583. The second-order valence-electron chi connectivity index (χ2n) is 4.69. The quantitative estimate of drug-likeness (QED) is 0.852. The van der Waals surface area contributed by atoms with Crippen LogP contribution >= 0.6 is 11.3 Å². The Morgan fingerprint density at radius 3 is 2.61 bits per heavy atom. The largest absolute Gasteiger partial charge is 0.480 e. The molecule has 1 amide bonds. The molecule has 5 nitrogen and oxygen atoms in total. The van der Waals surface area contributed by atoms with E-state index in [0.717, 1.165) is 17.8 Å². The van der Waals surface area contributed by atoms with Crippen molar-refractivity contribution in [1.82, 2.24) is 10.3 Å². The molecule has 0 radical (unpaired) electrons. The van der Waals surface area contributed by atoms with E-state index in [9.17, 15) is 9.59 Å². The molecule has 1 aromatic rings. The zero-order chi connectivity index (χ0) is 13.3. The monoisotopic (exact) mass is 268 g/mol. The van der Waals surface area contributed by atoms with E-state index in [1.54, 1.807) is 6.92 Å². The molecule has 1 heterocycles. The first-order chi connectivity index (χ1) is 8.47. The highest BCUT2D eigenvalue weighted by Gasteiger charge is 2.31. The molecule has 1 fully saturated rings. The van der Waals surface area contributed by atoms with E-state index in [1.807, 2.05) is 6.92 Å². The van der Waals surface area contributed by atoms with Gasteiger partial charge in [0.15, 0.2) is 0 Å². The van der Waals surface area contributed by atoms with Gasteiger partial charge in [0.2, 0.25) is 0 Å². The van der Waals surface area contributed by atoms with Crippen molar-refractivity contribution in [3.63, 3.8) is 0 Å². The van der Waals surface area contributed by atoms with Gasteiger partial charge in [0, 0.05) is 0 Å². The highest BCUT2D eigenvalue weighted by molar-refractivity contribution is 7.13. The Balaban J connectivity index is 2.03. The third kappa shape index (κ3) is 3.07. The van der Waals surface area contributed by atoms with Crippen LogP contribution in [0.2, 0.25) is 0 Å². The molecule has 1 aliphatic carbocycles. The molecule has 0 aromatic carbocycles. The molecule has 0 saturated heterocycles. The number of carboxylic acids is 1. The summed E-state index contributed by atoms with van der Waals surface area (Å²) in [5, 5.41) is 12.5. The van der Waals surface area contributed by atoms with E-state index in [2.05, 4.69) is 10.3 Å². The van der Waals surface area contributed by atoms with Crippen LogP contribution in [-0.4, -0.2) is 28.0 Å². The van der Waals surface area contributed by atoms with E-state index in [-0.39, 0.29) is 5.91 Å². The Labute approximate surface area is 109 Å². The number of aryl methyl sites for hydroxylation is 2. The molecule has 0 unspecified atom stereocenters. The minimum Gasteiger partial charge on any atom is -0.480 e. The van der Waals surface area contributed by atoms with E-state index < -0.39 is 12.0 Å². The van der Waals surface area contributed by atoms with Crippen molar-refractivity contribution >= 4 is 23.2 Å². The van der Waals surface area contributed by atoms with Gasteiger partial charge in [-0.2, -0.15) is 0 Å². The van der Waals surface area contributed by atoms with Crippen molar-refractivity contribution < 1.29 is 14.7 Å². The van der Waals surface area contributed by atoms with Gasteiger partial charge in [-0.05, 0) is 26.2 Å². The van der Waals surface area contributed by atoms with Gasteiger partial charge in [-0.25, -0.2) is 9.78 Å². The number of aromatic nitrogens is 1. The number of hydrogen-bond donors (Lipinski definition) is 2. The molecular formula is C12H16N2O3S. The number of carbonyl (C=O) groups is 2. The smallest absolute Gasteiger partial charge is 0.326 e. The number of carbonyl (C=O) groups excluding carboxylic acids is 1. The molecule has 18 heavy (non-hydrogen) atoms. The number of nitrogens with one attached hydrogen (secondary N) is 1. The van der Waals surface area contributed by atoms with E-state index in [4.69, 9.17) is 5.11 Å². The fourth-order valence-corrected chi connectivity index (χ4v) is 2.70. The summed E-state index contributed by atoms with van der Waals surface area (Å²) < 4.78 is 0. The Morgan fingerprint density at radius 2 is 2.17 bits per heavy atom. The first-order valence-electron chi connectivity index (χ1n) is 5.95. The lowest BCUT2D eigenvalue weighted by Gasteiger charge is -2.13.